The lowest BCUT2D eigenvalue weighted by Crippen LogP contribution is -2.47. The van der Waals surface area contributed by atoms with E-state index >= 15 is 0 Å². The molecule has 1 unspecified atom stereocenters. The topological polar surface area (TPSA) is 92.8 Å². The second-order valence-electron chi connectivity index (χ2n) is 6.03. The molecule has 0 spiro atoms. The van der Waals surface area contributed by atoms with E-state index in [9.17, 15) is 9.59 Å². The summed E-state index contributed by atoms with van der Waals surface area (Å²) < 4.78 is 10.9. The number of nitrogens with zero attached hydrogens (tertiary/aromatic N) is 2. The molecule has 8 nitrogen and oxygen atoms in total. The molecule has 2 heterocycles. The van der Waals surface area contributed by atoms with Crippen LogP contribution >= 0.6 is 11.3 Å². The number of hydrogen-bond acceptors (Lipinski definition) is 7. The van der Waals surface area contributed by atoms with Crippen molar-refractivity contribution in [3.05, 3.63) is 40.9 Å². The fourth-order valence-electron chi connectivity index (χ4n) is 2.52. The van der Waals surface area contributed by atoms with Crippen LogP contribution in [0.4, 0.5) is 5.13 Å². The van der Waals surface area contributed by atoms with E-state index in [1.807, 2.05) is 18.2 Å². The normalized spacial score (nSPS) is 15.1. The first-order valence-electron chi connectivity index (χ1n) is 8.66. The lowest BCUT2D eigenvalue weighted by molar-refractivity contribution is -0.128. The quantitative estimate of drug-likeness (QED) is 0.752. The monoisotopic (exact) mass is 390 g/mol. The van der Waals surface area contributed by atoms with Crippen molar-refractivity contribution >= 4 is 28.3 Å². The molecule has 144 valence electrons. The Morgan fingerprint density at radius 3 is 2.63 bits per heavy atom. The third-order valence-corrected chi connectivity index (χ3v) is 5.21. The Morgan fingerprint density at radius 1 is 1.22 bits per heavy atom. The number of aryl methyl sites for hydroxylation is 1. The van der Waals surface area contributed by atoms with E-state index < -0.39 is 17.9 Å². The molecule has 0 saturated carbocycles. The van der Waals surface area contributed by atoms with Gasteiger partial charge < -0.3 is 14.4 Å². The number of thiazole rings is 1. The fourth-order valence-corrected chi connectivity index (χ4v) is 3.53. The van der Waals surface area contributed by atoms with Gasteiger partial charge in [0.1, 0.15) is 10.6 Å². The Kier molecular flexibility index (Phi) is 6.25. The number of para-hydroxylation sites is 1. The third kappa shape index (κ3) is 4.95. The van der Waals surface area contributed by atoms with E-state index in [1.165, 1.54) is 11.3 Å². The highest BCUT2D eigenvalue weighted by molar-refractivity contribution is 7.17. The highest BCUT2D eigenvalue weighted by Crippen LogP contribution is 2.26. The summed E-state index contributed by atoms with van der Waals surface area (Å²) in [5, 5.41) is 0.785. The van der Waals surface area contributed by atoms with Gasteiger partial charge in [-0.3, -0.25) is 20.4 Å². The summed E-state index contributed by atoms with van der Waals surface area (Å²) in [5.74, 6) is -0.257. The molecule has 1 saturated heterocycles. The molecule has 1 aliphatic rings. The van der Waals surface area contributed by atoms with Crippen LogP contribution in [-0.4, -0.2) is 49.2 Å². The van der Waals surface area contributed by atoms with Gasteiger partial charge in [-0.05, 0) is 26.0 Å². The van der Waals surface area contributed by atoms with Crippen LogP contribution in [0.1, 0.15) is 22.3 Å². The second-order valence-corrected chi connectivity index (χ2v) is 7.00. The molecule has 1 fully saturated rings. The number of aromatic nitrogens is 1. The van der Waals surface area contributed by atoms with Crippen molar-refractivity contribution in [2.75, 3.05) is 31.2 Å². The Labute approximate surface area is 161 Å². The van der Waals surface area contributed by atoms with Gasteiger partial charge in [0, 0.05) is 13.1 Å². The number of benzene rings is 1. The minimum Gasteiger partial charge on any atom is -0.481 e. The van der Waals surface area contributed by atoms with E-state index in [1.54, 1.807) is 26.0 Å². The standard InChI is InChI=1S/C18H22N4O4S/c1-12-15(27-18(19-12)22-8-10-25-11-9-22)17(24)21-20-16(23)13(2)26-14-6-4-3-5-7-14/h3-7,13H,8-11H2,1-2H3,(H,20,23)(H,21,24). The van der Waals surface area contributed by atoms with Gasteiger partial charge in [-0.2, -0.15) is 0 Å². The van der Waals surface area contributed by atoms with Gasteiger partial charge in [0.25, 0.3) is 11.8 Å². The largest absolute Gasteiger partial charge is 0.481 e. The van der Waals surface area contributed by atoms with E-state index in [4.69, 9.17) is 9.47 Å². The van der Waals surface area contributed by atoms with Crippen molar-refractivity contribution in [1.29, 1.82) is 0 Å². The summed E-state index contributed by atoms with van der Waals surface area (Å²) >= 11 is 1.30. The molecule has 1 aromatic carbocycles. The summed E-state index contributed by atoms with van der Waals surface area (Å²) in [4.78, 5) is 31.6. The van der Waals surface area contributed by atoms with Crippen molar-refractivity contribution in [2.24, 2.45) is 0 Å². The number of amides is 2. The highest BCUT2D eigenvalue weighted by Gasteiger charge is 2.22. The van der Waals surface area contributed by atoms with Crippen molar-refractivity contribution in [3.8, 4) is 5.75 Å². The van der Waals surface area contributed by atoms with Crippen LogP contribution in [0.2, 0.25) is 0 Å². The molecule has 2 amide bonds. The highest BCUT2D eigenvalue weighted by atomic mass is 32.1. The van der Waals surface area contributed by atoms with E-state index in [0.29, 0.717) is 29.5 Å². The summed E-state index contributed by atoms with van der Waals surface area (Å²) in [7, 11) is 0. The number of hydrogen-bond donors (Lipinski definition) is 2. The number of morpholine rings is 1. The summed E-state index contributed by atoms with van der Waals surface area (Å²) in [5.41, 5.74) is 5.46. The Hall–Kier alpha value is -2.65. The van der Waals surface area contributed by atoms with Crippen LogP contribution in [0.15, 0.2) is 30.3 Å². The zero-order valence-corrected chi connectivity index (χ0v) is 16.0. The first-order chi connectivity index (χ1) is 13.0. The molecular formula is C18H22N4O4S. The third-order valence-electron chi connectivity index (χ3n) is 4.00. The average molecular weight is 390 g/mol. The maximum Gasteiger partial charge on any atom is 0.281 e. The molecule has 9 heteroatoms. The molecule has 3 rings (SSSR count). The number of hydrazine groups is 1. The average Bonchev–Trinajstić information content (AvgIpc) is 3.09. The number of carbonyl (C=O) groups excluding carboxylic acids is 2. The summed E-state index contributed by atoms with van der Waals surface area (Å²) in [6, 6.07) is 9.02. The van der Waals surface area contributed by atoms with Crippen LogP contribution in [-0.2, 0) is 9.53 Å². The van der Waals surface area contributed by atoms with Gasteiger partial charge in [0.2, 0.25) is 0 Å². The zero-order chi connectivity index (χ0) is 19.2. The Morgan fingerprint density at radius 2 is 1.93 bits per heavy atom. The van der Waals surface area contributed by atoms with Crippen LogP contribution in [0, 0.1) is 6.92 Å². The first kappa shape index (κ1) is 19.1. The maximum absolute atomic E-state index is 12.4. The number of carbonyl (C=O) groups is 2. The van der Waals surface area contributed by atoms with Gasteiger partial charge >= 0.3 is 0 Å². The smallest absolute Gasteiger partial charge is 0.281 e. The molecule has 1 atom stereocenters. The van der Waals surface area contributed by atoms with Gasteiger partial charge in [0.15, 0.2) is 11.2 Å². The Balaban J connectivity index is 1.54. The number of rotatable bonds is 5. The van der Waals surface area contributed by atoms with Crippen LogP contribution in [0.5, 0.6) is 5.75 Å². The van der Waals surface area contributed by atoms with Gasteiger partial charge in [-0.15, -0.1) is 0 Å². The van der Waals surface area contributed by atoms with Gasteiger partial charge in [-0.25, -0.2) is 4.98 Å². The van der Waals surface area contributed by atoms with Crippen LogP contribution in [0.25, 0.3) is 0 Å². The molecule has 0 bridgehead atoms. The second kappa shape index (κ2) is 8.83. The zero-order valence-electron chi connectivity index (χ0n) is 15.2. The predicted octanol–water partition coefficient (Wildman–Crippen LogP) is 1.52. The van der Waals surface area contributed by atoms with Crippen molar-refractivity contribution in [3.63, 3.8) is 0 Å². The van der Waals surface area contributed by atoms with Crippen molar-refractivity contribution in [2.45, 2.75) is 20.0 Å². The minimum atomic E-state index is -0.751. The SMILES string of the molecule is Cc1nc(N2CCOCC2)sc1C(=O)NNC(=O)C(C)Oc1ccccc1. The number of anilines is 1. The maximum atomic E-state index is 12.4. The molecular weight excluding hydrogens is 368 g/mol. The molecule has 0 radical (unpaired) electrons. The summed E-state index contributed by atoms with van der Waals surface area (Å²) in [6.07, 6.45) is -0.751. The van der Waals surface area contributed by atoms with E-state index in [-0.39, 0.29) is 0 Å². The lowest BCUT2D eigenvalue weighted by atomic mass is 10.3. The minimum absolute atomic E-state index is 0.398. The first-order valence-corrected chi connectivity index (χ1v) is 9.48. The molecule has 2 aromatic rings. The number of nitrogens with one attached hydrogen (secondary N) is 2. The van der Waals surface area contributed by atoms with Gasteiger partial charge in [0.05, 0.1) is 18.9 Å². The fraction of sp³-hybridized carbons (Fsp3) is 0.389. The van der Waals surface area contributed by atoms with Gasteiger partial charge in [-0.1, -0.05) is 29.5 Å². The molecule has 0 aliphatic carbocycles. The molecule has 1 aromatic heterocycles. The molecule has 1 aliphatic heterocycles. The van der Waals surface area contributed by atoms with E-state index in [0.717, 1.165) is 18.2 Å². The molecule has 2 N–H and O–H groups in total. The predicted molar refractivity (Wildman–Crippen MR) is 102 cm³/mol. The molecule has 27 heavy (non-hydrogen) atoms. The van der Waals surface area contributed by atoms with Crippen molar-refractivity contribution < 1.29 is 19.1 Å². The van der Waals surface area contributed by atoms with Crippen LogP contribution in [0.3, 0.4) is 0 Å². The number of ether oxygens (including phenoxy) is 2. The Bertz CT molecular complexity index is 790. The van der Waals surface area contributed by atoms with E-state index in [2.05, 4.69) is 20.7 Å². The van der Waals surface area contributed by atoms with Crippen molar-refractivity contribution in [1.82, 2.24) is 15.8 Å². The van der Waals surface area contributed by atoms with Crippen LogP contribution < -0.4 is 20.5 Å². The lowest BCUT2D eigenvalue weighted by Gasteiger charge is -2.25. The summed E-state index contributed by atoms with van der Waals surface area (Å²) in [6.45, 7) is 6.19.